The quantitative estimate of drug-likeness (QED) is 0.807. The maximum Gasteiger partial charge on any atom is 0.219 e. The number of likely N-dealkylation sites (N-methyl/N-ethyl adjacent to an activating group) is 1. The molecule has 7 nitrogen and oxygen atoms in total. The summed E-state index contributed by atoms with van der Waals surface area (Å²) in [5, 5.41) is 3.54. The minimum Gasteiger partial charge on any atom is -0.468 e. The Morgan fingerprint density at radius 3 is 2.78 bits per heavy atom. The molecule has 146 valence electrons. The lowest BCUT2D eigenvalue weighted by atomic mass is 10.0. The summed E-state index contributed by atoms with van der Waals surface area (Å²) in [5.41, 5.74) is 2.07. The van der Waals surface area contributed by atoms with Crippen LogP contribution in [0, 0.1) is 6.92 Å². The van der Waals surface area contributed by atoms with Crippen LogP contribution in [0.15, 0.2) is 22.8 Å². The van der Waals surface area contributed by atoms with Crippen LogP contribution in [-0.2, 0) is 17.8 Å². The molecule has 1 N–H and O–H groups in total. The van der Waals surface area contributed by atoms with Crippen molar-refractivity contribution in [2.45, 2.75) is 46.7 Å². The van der Waals surface area contributed by atoms with E-state index in [9.17, 15) is 4.79 Å². The molecule has 0 aromatic carbocycles. The number of fused-ring (bicyclic) bond motifs is 1. The van der Waals surface area contributed by atoms with Crippen molar-refractivity contribution in [3.05, 3.63) is 41.2 Å². The number of amides is 1. The summed E-state index contributed by atoms with van der Waals surface area (Å²) in [5.74, 6) is 2.64. The van der Waals surface area contributed by atoms with Gasteiger partial charge < -0.3 is 14.6 Å². The van der Waals surface area contributed by atoms with Gasteiger partial charge in [-0.15, -0.1) is 0 Å². The summed E-state index contributed by atoms with van der Waals surface area (Å²) in [6.07, 6.45) is 2.49. The van der Waals surface area contributed by atoms with Crippen molar-refractivity contribution >= 4 is 11.7 Å². The van der Waals surface area contributed by atoms with Gasteiger partial charge in [-0.25, -0.2) is 9.97 Å². The Bertz CT molecular complexity index is 771. The number of hydrogen-bond donors (Lipinski definition) is 1. The van der Waals surface area contributed by atoms with Crippen LogP contribution in [0.5, 0.6) is 0 Å². The second kappa shape index (κ2) is 8.52. The molecule has 1 aliphatic rings. The number of carbonyl (C=O) groups is 1. The monoisotopic (exact) mass is 371 g/mol. The molecular formula is C20H29N5O2. The molecule has 0 radical (unpaired) electrons. The third-order valence-corrected chi connectivity index (χ3v) is 5.21. The highest BCUT2D eigenvalue weighted by Crippen LogP contribution is 2.26. The van der Waals surface area contributed by atoms with Gasteiger partial charge in [-0.3, -0.25) is 9.69 Å². The Hall–Kier alpha value is -2.41. The molecule has 0 bridgehead atoms. The summed E-state index contributed by atoms with van der Waals surface area (Å²) in [6.45, 7) is 11.7. The number of furan rings is 1. The highest BCUT2D eigenvalue weighted by atomic mass is 16.3. The summed E-state index contributed by atoms with van der Waals surface area (Å²) in [4.78, 5) is 25.1. The van der Waals surface area contributed by atoms with Crippen molar-refractivity contribution in [3.63, 3.8) is 0 Å². The second-order valence-corrected chi connectivity index (χ2v) is 6.87. The number of nitrogens with one attached hydrogen (secondary N) is 1. The van der Waals surface area contributed by atoms with Crippen molar-refractivity contribution in [3.8, 4) is 0 Å². The Labute approximate surface area is 160 Å². The van der Waals surface area contributed by atoms with Crippen molar-refractivity contribution in [2.24, 2.45) is 0 Å². The number of aryl methyl sites for hydroxylation is 1. The van der Waals surface area contributed by atoms with Gasteiger partial charge in [0, 0.05) is 25.6 Å². The van der Waals surface area contributed by atoms with Crippen LogP contribution in [0.4, 0.5) is 5.82 Å². The van der Waals surface area contributed by atoms with Crippen molar-refractivity contribution in [2.75, 3.05) is 31.5 Å². The van der Waals surface area contributed by atoms with Gasteiger partial charge in [-0.2, -0.15) is 0 Å². The van der Waals surface area contributed by atoms with Gasteiger partial charge in [0.1, 0.15) is 17.4 Å². The molecule has 1 amide bonds. The average molecular weight is 371 g/mol. The number of anilines is 1. The molecule has 7 heteroatoms. The Balaban J connectivity index is 1.82. The first kappa shape index (κ1) is 19.4. The van der Waals surface area contributed by atoms with Gasteiger partial charge in [0.2, 0.25) is 5.91 Å². The van der Waals surface area contributed by atoms with E-state index in [1.807, 2.05) is 24.0 Å². The van der Waals surface area contributed by atoms with E-state index in [-0.39, 0.29) is 11.9 Å². The van der Waals surface area contributed by atoms with E-state index in [2.05, 4.69) is 34.0 Å². The first-order valence-corrected chi connectivity index (χ1v) is 9.66. The van der Waals surface area contributed by atoms with Gasteiger partial charge >= 0.3 is 0 Å². The van der Waals surface area contributed by atoms with Crippen LogP contribution >= 0.6 is 0 Å². The van der Waals surface area contributed by atoms with E-state index >= 15 is 0 Å². The van der Waals surface area contributed by atoms with Crippen LogP contribution in [0.2, 0.25) is 0 Å². The fourth-order valence-electron chi connectivity index (χ4n) is 3.72. The lowest BCUT2D eigenvalue weighted by Crippen LogP contribution is -2.36. The number of carbonyl (C=O) groups excluding carboxylic acids is 1. The van der Waals surface area contributed by atoms with Crippen LogP contribution in [0.1, 0.15) is 49.7 Å². The summed E-state index contributed by atoms with van der Waals surface area (Å²) in [7, 11) is 0. The number of nitrogens with zero attached hydrogens (tertiary/aromatic N) is 4. The fraction of sp³-hybridized carbons (Fsp3) is 0.550. The molecule has 1 aliphatic heterocycles. The lowest BCUT2D eigenvalue weighted by molar-refractivity contribution is -0.129. The normalized spacial score (nSPS) is 14.9. The molecule has 3 rings (SSSR count). The van der Waals surface area contributed by atoms with Gasteiger partial charge in [-0.05, 0) is 38.6 Å². The molecule has 1 atom stereocenters. The first-order chi connectivity index (χ1) is 13.0. The highest BCUT2D eigenvalue weighted by Gasteiger charge is 2.25. The molecule has 0 spiro atoms. The zero-order valence-corrected chi connectivity index (χ0v) is 16.7. The van der Waals surface area contributed by atoms with Gasteiger partial charge in [0.25, 0.3) is 0 Å². The van der Waals surface area contributed by atoms with Crippen molar-refractivity contribution < 1.29 is 9.21 Å². The van der Waals surface area contributed by atoms with Gasteiger partial charge in [-0.1, -0.05) is 13.8 Å². The zero-order chi connectivity index (χ0) is 19.4. The molecular weight excluding hydrogens is 342 g/mol. The Morgan fingerprint density at radius 1 is 1.37 bits per heavy atom. The molecule has 2 aromatic heterocycles. The lowest BCUT2D eigenvalue weighted by Gasteiger charge is -2.31. The molecule has 0 saturated carbocycles. The van der Waals surface area contributed by atoms with E-state index in [1.165, 1.54) is 0 Å². The van der Waals surface area contributed by atoms with E-state index in [0.717, 1.165) is 48.2 Å². The molecule has 27 heavy (non-hydrogen) atoms. The second-order valence-electron chi connectivity index (χ2n) is 6.87. The highest BCUT2D eigenvalue weighted by molar-refractivity contribution is 5.73. The van der Waals surface area contributed by atoms with Crippen LogP contribution in [-0.4, -0.2) is 51.9 Å². The van der Waals surface area contributed by atoms with Gasteiger partial charge in [0.15, 0.2) is 0 Å². The molecule has 0 aliphatic carbocycles. The van der Waals surface area contributed by atoms with E-state index in [1.54, 1.807) is 13.2 Å². The van der Waals surface area contributed by atoms with E-state index in [4.69, 9.17) is 4.42 Å². The third-order valence-electron chi connectivity index (χ3n) is 5.21. The van der Waals surface area contributed by atoms with Crippen LogP contribution in [0.25, 0.3) is 0 Å². The maximum absolute atomic E-state index is 11.7. The number of hydrogen-bond acceptors (Lipinski definition) is 6. The minimum atomic E-state index is 0.0887. The van der Waals surface area contributed by atoms with Gasteiger partial charge in [0.05, 0.1) is 24.5 Å². The standard InChI is InChI=1S/C20H29N5O2/c1-5-24(6-2)18(19-8-7-11-27-19)12-21-20-16-9-10-25(15(4)26)13-17(16)22-14(3)23-20/h7-8,11,18H,5-6,9-10,12-13H2,1-4H3,(H,21,22,23)/t18-/m1/s1. The number of rotatable bonds is 7. The molecule has 2 aromatic rings. The van der Waals surface area contributed by atoms with Crippen LogP contribution < -0.4 is 5.32 Å². The SMILES string of the molecule is CCN(CC)[C@H](CNc1nc(C)nc2c1CCN(C(C)=O)C2)c1ccco1. The minimum absolute atomic E-state index is 0.0887. The zero-order valence-electron chi connectivity index (χ0n) is 16.7. The average Bonchev–Trinajstić information content (AvgIpc) is 3.18. The molecule has 0 saturated heterocycles. The van der Waals surface area contributed by atoms with Crippen molar-refractivity contribution in [1.29, 1.82) is 0 Å². The summed E-state index contributed by atoms with van der Waals surface area (Å²) >= 11 is 0. The van der Waals surface area contributed by atoms with Crippen LogP contribution in [0.3, 0.4) is 0 Å². The topological polar surface area (TPSA) is 74.5 Å². The Kier molecular flexibility index (Phi) is 6.11. The smallest absolute Gasteiger partial charge is 0.219 e. The Morgan fingerprint density at radius 2 is 2.15 bits per heavy atom. The summed E-state index contributed by atoms with van der Waals surface area (Å²) in [6, 6.07) is 4.09. The molecule has 0 fully saturated rings. The number of aromatic nitrogens is 2. The van der Waals surface area contributed by atoms with E-state index < -0.39 is 0 Å². The predicted octanol–water partition coefficient (Wildman–Crippen LogP) is 2.78. The third kappa shape index (κ3) is 4.30. The maximum atomic E-state index is 11.7. The summed E-state index contributed by atoms with van der Waals surface area (Å²) < 4.78 is 5.69. The first-order valence-electron chi connectivity index (χ1n) is 9.66. The largest absolute Gasteiger partial charge is 0.468 e. The van der Waals surface area contributed by atoms with E-state index in [0.29, 0.717) is 19.6 Å². The molecule has 3 heterocycles. The predicted molar refractivity (Wildman–Crippen MR) is 104 cm³/mol. The van der Waals surface area contributed by atoms with Crippen molar-refractivity contribution in [1.82, 2.24) is 19.8 Å². The fourth-order valence-corrected chi connectivity index (χ4v) is 3.72. The molecule has 0 unspecified atom stereocenters.